The first-order valence-corrected chi connectivity index (χ1v) is 24.2. The summed E-state index contributed by atoms with van der Waals surface area (Å²) in [6.45, 7) is 6.78. The molecular weight excluding hydrogens is 813 g/mol. The highest BCUT2D eigenvalue weighted by Gasteiger charge is 2.38. The molecule has 67 heavy (non-hydrogen) atoms. The molecule has 8 aromatic rings. The Morgan fingerprint density at radius 2 is 1.19 bits per heavy atom. The van der Waals surface area contributed by atoms with Gasteiger partial charge in [0.05, 0.1) is 6.04 Å². The van der Waals surface area contributed by atoms with Gasteiger partial charge in [0.1, 0.15) is 0 Å². The van der Waals surface area contributed by atoms with E-state index in [-0.39, 0.29) is 12.0 Å². The SMILES string of the molecule is CC1=CC=C(N(c2ccc(-c3ccc(N(c4ccc(C)cc4)c4ccc5c(c4)C4C=CC=C[C@@H]4N5c4ccccc4)cc3)cc2)c2ccc3c(c2)c2ccccc2n3C2CC=CCC2)C(C)C1. The number of fused-ring (bicyclic) bond motifs is 6. The van der Waals surface area contributed by atoms with Gasteiger partial charge in [-0.2, -0.15) is 0 Å². The summed E-state index contributed by atoms with van der Waals surface area (Å²) in [5.41, 5.74) is 18.7. The van der Waals surface area contributed by atoms with Gasteiger partial charge in [-0.25, -0.2) is 0 Å². The van der Waals surface area contributed by atoms with Gasteiger partial charge in [-0.15, -0.1) is 0 Å². The maximum absolute atomic E-state index is 2.61. The molecule has 328 valence electrons. The number of aromatic nitrogens is 1. The lowest BCUT2D eigenvalue weighted by Gasteiger charge is -2.33. The van der Waals surface area contributed by atoms with Crippen molar-refractivity contribution in [1.29, 1.82) is 0 Å². The van der Waals surface area contributed by atoms with Crippen LogP contribution in [0.1, 0.15) is 62.6 Å². The van der Waals surface area contributed by atoms with E-state index in [1.165, 1.54) is 84.5 Å². The first-order chi connectivity index (χ1) is 33.0. The van der Waals surface area contributed by atoms with Crippen LogP contribution in [0.15, 0.2) is 224 Å². The number of aryl methyl sites for hydroxylation is 1. The Labute approximate surface area is 395 Å². The highest BCUT2D eigenvalue weighted by atomic mass is 15.2. The molecule has 2 heterocycles. The van der Waals surface area contributed by atoms with E-state index in [0.717, 1.165) is 36.3 Å². The number of allylic oxidation sites excluding steroid dienone is 8. The summed E-state index contributed by atoms with van der Waals surface area (Å²) in [6.07, 6.45) is 22.9. The molecule has 0 N–H and O–H groups in total. The van der Waals surface area contributed by atoms with Crippen LogP contribution in [0.5, 0.6) is 0 Å². The summed E-state index contributed by atoms with van der Waals surface area (Å²) in [5.74, 6) is 0.652. The molecule has 0 saturated heterocycles. The quantitative estimate of drug-likeness (QED) is 0.134. The Balaban J connectivity index is 0.891. The second-order valence-corrected chi connectivity index (χ2v) is 19.1. The van der Waals surface area contributed by atoms with Gasteiger partial charge in [0.25, 0.3) is 0 Å². The number of benzene rings is 7. The van der Waals surface area contributed by atoms with Crippen LogP contribution in [0.2, 0.25) is 0 Å². The van der Waals surface area contributed by atoms with Gasteiger partial charge >= 0.3 is 0 Å². The summed E-state index contributed by atoms with van der Waals surface area (Å²) >= 11 is 0. The summed E-state index contributed by atoms with van der Waals surface area (Å²) in [7, 11) is 0. The summed E-state index contributed by atoms with van der Waals surface area (Å²) in [4.78, 5) is 7.41. The van der Waals surface area contributed by atoms with Gasteiger partial charge in [-0.1, -0.05) is 133 Å². The fraction of sp³-hybridized carbons (Fsp3) is 0.175. The van der Waals surface area contributed by atoms with E-state index in [0.29, 0.717) is 12.0 Å². The zero-order valence-corrected chi connectivity index (χ0v) is 38.6. The molecule has 7 aromatic carbocycles. The number of anilines is 7. The summed E-state index contributed by atoms with van der Waals surface area (Å²) < 4.78 is 2.61. The minimum atomic E-state index is 0.243. The molecule has 3 aliphatic carbocycles. The average molecular weight is 869 g/mol. The van der Waals surface area contributed by atoms with Crippen molar-refractivity contribution in [2.75, 3.05) is 14.7 Å². The second kappa shape index (κ2) is 17.0. The van der Waals surface area contributed by atoms with Crippen LogP contribution in [0.3, 0.4) is 0 Å². The molecule has 0 fully saturated rings. The smallest absolute Gasteiger partial charge is 0.0629 e. The van der Waals surface area contributed by atoms with E-state index < -0.39 is 0 Å². The van der Waals surface area contributed by atoms with Crippen LogP contribution in [0, 0.1) is 12.8 Å². The lowest BCUT2D eigenvalue weighted by Crippen LogP contribution is -2.28. The predicted molar refractivity (Wildman–Crippen MR) is 284 cm³/mol. The van der Waals surface area contributed by atoms with Crippen LogP contribution in [0.25, 0.3) is 32.9 Å². The molecule has 1 aliphatic heterocycles. The number of rotatable bonds is 9. The highest BCUT2D eigenvalue weighted by Crippen LogP contribution is 2.50. The zero-order valence-electron chi connectivity index (χ0n) is 38.6. The third-order valence-corrected chi connectivity index (χ3v) is 14.7. The molecule has 12 rings (SSSR count). The first-order valence-electron chi connectivity index (χ1n) is 24.2. The maximum Gasteiger partial charge on any atom is 0.0629 e. The lowest BCUT2D eigenvalue weighted by atomic mass is 9.91. The van der Waals surface area contributed by atoms with Crippen molar-refractivity contribution >= 4 is 61.6 Å². The van der Waals surface area contributed by atoms with Crippen LogP contribution < -0.4 is 14.7 Å². The van der Waals surface area contributed by atoms with Gasteiger partial charge in [0, 0.05) is 85.2 Å². The molecular formula is C63H56N4. The molecule has 4 aliphatic rings. The average Bonchev–Trinajstić information content (AvgIpc) is 3.89. The van der Waals surface area contributed by atoms with Crippen molar-refractivity contribution < 1.29 is 0 Å². The molecule has 4 atom stereocenters. The first kappa shape index (κ1) is 40.9. The number of hydrogen-bond donors (Lipinski definition) is 0. The van der Waals surface area contributed by atoms with Crippen molar-refractivity contribution in [2.45, 2.75) is 64.5 Å². The van der Waals surface area contributed by atoms with E-state index in [4.69, 9.17) is 0 Å². The largest absolute Gasteiger partial charge is 0.337 e. The van der Waals surface area contributed by atoms with Crippen LogP contribution in [-0.2, 0) is 0 Å². The van der Waals surface area contributed by atoms with Crippen molar-refractivity contribution in [2.24, 2.45) is 5.92 Å². The predicted octanol–water partition coefficient (Wildman–Crippen LogP) is 17.3. The number of para-hydroxylation sites is 2. The normalized spacial score (nSPS) is 19.6. The van der Waals surface area contributed by atoms with Gasteiger partial charge in [0.2, 0.25) is 0 Å². The highest BCUT2D eigenvalue weighted by molar-refractivity contribution is 6.09. The molecule has 0 radical (unpaired) electrons. The summed E-state index contributed by atoms with van der Waals surface area (Å²) in [5, 5.41) is 2.65. The van der Waals surface area contributed by atoms with Crippen molar-refractivity contribution in [1.82, 2.24) is 4.57 Å². The Bertz CT molecular complexity index is 3290. The van der Waals surface area contributed by atoms with E-state index in [2.05, 4.69) is 252 Å². The zero-order chi connectivity index (χ0) is 45.0. The lowest BCUT2D eigenvalue weighted by molar-refractivity contribution is 0.485. The van der Waals surface area contributed by atoms with Crippen LogP contribution >= 0.6 is 0 Å². The van der Waals surface area contributed by atoms with E-state index in [1.807, 2.05) is 0 Å². The minimum Gasteiger partial charge on any atom is -0.337 e. The molecule has 4 nitrogen and oxygen atoms in total. The van der Waals surface area contributed by atoms with Crippen molar-refractivity contribution in [3.05, 3.63) is 235 Å². The van der Waals surface area contributed by atoms with Crippen LogP contribution in [0.4, 0.5) is 39.8 Å². The summed E-state index contributed by atoms with van der Waals surface area (Å²) in [6, 6.07) is 62.0. The third-order valence-electron chi connectivity index (χ3n) is 14.7. The van der Waals surface area contributed by atoms with Gasteiger partial charge in [-0.3, -0.25) is 0 Å². The topological polar surface area (TPSA) is 14.7 Å². The molecule has 0 bridgehead atoms. The maximum atomic E-state index is 2.61. The molecule has 3 unspecified atom stereocenters. The molecule has 0 amide bonds. The molecule has 1 aromatic heterocycles. The van der Waals surface area contributed by atoms with Gasteiger partial charge in [0.15, 0.2) is 0 Å². The molecule has 0 saturated carbocycles. The Morgan fingerprint density at radius 3 is 1.93 bits per heavy atom. The Hall–Kier alpha value is -7.56. The van der Waals surface area contributed by atoms with E-state index in [9.17, 15) is 0 Å². The third kappa shape index (κ3) is 7.32. The number of nitrogens with zero attached hydrogens (tertiary/aromatic N) is 4. The van der Waals surface area contributed by atoms with Gasteiger partial charge in [-0.05, 0) is 153 Å². The van der Waals surface area contributed by atoms with Crippen molar-refractivity contribution in [3.63, 3.8) is 0 Å². The number of hydrogen-bond acceptors (Lipinski definition) is 3. The fourth-order valence-corrected chi connectivity index (χ4v) is 11.4. The standard InChI is InChI=1S/C63H56N4/c1-43-22-29-50(30-23-43)64(53-35-38-62-57(41-53)55-18-10-12-20-60(55)66(62)48-14-6-4-7-15-48)51-31-25-46(26-32-51)47-27-33-52(34-28-47)65(59-37-24-44(2)40-45(59)3)54-36-39-63-58(42-54)56-19-11-13-21-61(56)67(63)49-16-8-5-9-17-49/h4-8,10-15,18-39,41-42,45,49,55,60H,9,16-17,40H2,1-3H3/t45?,49?,55?,60-/m0/s1. The van der Waals surface area contributed by atoms with Crippen molar-refractivity contribution in [3.8, 4) is 11.1 Å². The Morgan fingerprint density at radius 1 is 0.552 bits per heavy atom. The molecule has 0 spiro atoms. The molecule has 4 heteroatoms. The van der Waals surface area contributed by atoms with E-state index >= 15 is 0 Å². The fourth-order valence-electron chi connectivity index (χ4n) is 11.4. The van der Waals surface area contributed by atoms with E-state index in [1.54, 1.807) is 0 Å². The second-order valence-electron chi connectivity index (χ2n) is 19.1. The Kier molecular flexibility index (Phi) is 10.4. The monoisotopic (exact) mass is 868 g/mol. The van der Waals surface area contributed by atoms with Crippen LogP contribution in [-0.4, -0.2) is 10.6 Å². The van der Waals surface area contributed by atoms with Gasteiger partial charge < -0.3 is 19.3 Å². The minimum absolute atomic E-state index is 0.243.